The number of rotatable bonds is 8. The van der Waals surface area contributed by atoms with Gasteiger partial charge in [-0.15, -0.1) is 0 Å². The van der Waals surface area contributed by atoms with E-state index in [1.54, 1.807) is 0 Å². The van der Waals surface area contributed by atoms with Crippen LogP contribution in [0.15, 0.2) is 19.1 Å². The number of imidazole rings is 2. The molecule has 0 radical (unpaired) electrons. The van der Waals surface area contributed by atoms with Crippen LogP contribution in [-0.2, 0) is 45.4 Å². The van der Waals surface area contributed by atoms with Gasteiger partial charge in [0.2, 0.25) is 0 Å². The van der Waals surface area contributed by atoms with E-state index in [1.807, 2.05) is 0 Å². The van der Waals surface area contributed by atoms with Crippen LogP contribution in [-0.4, -0.2) is 131 Å². The van der Waals surface area contributed by atoms with Gasteiger partial charge < -0.3 is 0 Å². The van der Waals surface area contributed by atoms with Crippen molar-refractivity contribution in [2.45, 2.75) is 62.2 Å². The summed E-state index contributed by atoms with van der Waals surface area (Å²) in [4.78, 5) is 83.2. The second kappa shape index (κ2) is 13.7. The number of hydrogen-bond acceptors (Lipinski definition) is 21. The molecule has 4 aliphatic heterocycles. The Labute approximate surface area is 312 Å². The zero-order valence-corrected chi connectivity index (χ0v) is 31.9. The molecule has 0 bridgehead atoms. The first-order chi connectivity index (χ1) is 25.0. The van der Waals surface area contributed by atoms with Crippen molar-refractivity contribution in [3.05, 3.63) is 30.2 Å². The normalized spacial score (nSPS) is 31.8. The van der Waals surface area contributed by atoms with Gasteiger partial charge in [0.1, 0.15) is 0 Å². The number of fused-ring (bicyclic) bond motifs is 4. The first kappa shape index (κ1) is 37.5. The van der Waals surface area contributed by atoms with Crippen molar-refractivity contribution in [3.8, 4) is 0 Å². The molecule has 4 aromatic heterocycles. The fraction of sp³-hybridized carbons (Fsp3) is 0.583. The van der Waals surface area contributed by atoms with Crippen LogP contribution in [0.3, 0.4) is 0 Å². The Morgan fingerprint density at radius 2 is 1.11 bits per heavy atom. The Hall–Kier alpha value is -2.40. The standard InChI is InChI=1S/C24H32Br2N10O15P2/c25-21-29-9-15(35(21)19-11(37)13-7(48-19)5-46-52(41,42)50-13)31-23(27)33(17(9)39)1-3-45-4-2-34-18(40)10-16(32-24(34)28)36(22(26)30-10)20-12(38)14-8(49-20)6-47-53(43,44)51-14/h7-8,11-14,19-20,37-38,41-44,52-53H,1-6H2,(H2,27,31)(H2,28,32)/t7?,8?,11-,12?,13+,14+,19+,20+/m0/s1. The van der Waals surface area contributed by atoms with E-state index in [9.17, 15) is 39.4 Å². The van der Waals surface area contributed by atoms with Gasteiger partial charge in [0.25, 0.3) is 0 Å². The summed E-state index contributed by atoms with van der Waals surface area (Å²) in [6, 6.07) is 0. The maximum atomic E-state index is 13.4. The summed E-state index contributed by atoms with van der Waals surface area (Å²) in [6.45, 7) is -0.725. The summed E-state index contributed by atoms with van der Waals surface area (Å²) in [5, 5.41) is 21.8. The van der Waals surface area contributed by atoms with Crippen LogP contribution in [0.2, 0.25) is 0 Å². The predicted octanol–water partition coefficient (Wildman–Crippen LogP) is -2.96. The quantitative estimate of drug-likeness (QED) is 0.0497. The second-order valence-electron chi connectivity index (χ2n) is 12.3. The molecule has 4 saturated heterocycles. The molecule has 4 aromatic rings. The molecule has 8 heterocycles. The number of aliphatic hydroxyl groups is 2. The van der Waals surface area contributed by atoms with Gasteiger partial charge >= 0.3 is 313 Å². The van der Waals surface area contributed by atoms with E-state index in [2.05, 4.69) is 51.8 Å². The summed E-state index contributed by atoms with van der Waals surface area (Å²) in [5.41, 5.74) is 10.8. The summed E-state index contributed by atoms with van der Waals surface area (Å²) in [5.74, 6) is -0.414. The van der Waals surface area contributed by atoms with Gasteiger partial charge in [0.15, 0.2) is 0 Å². The van der Waals surface area contributed by atoms with Crippen molar-refractivity contribution in [2.24, 2.45) is 0 Å². The van der Waals surface area contributed by atoms with Crippen molar-refractivity contribution >= 4 is 82.4 Å². The molecule has 29 heteroatoms. The number of aliphatic hydroxyl groups excluding tert-OH is 2. The number of nitrogen functional groups attached to an aromatic ring is 2. The average Bonchev–Trinajstić information content (AvgIpc) is 3.79. The molecule has 4 aliphatic rings. The van der Waals surface area contributed by atoms with Crippen LogP contribution >= 0.6 is 48.2 Å². The summed E-state index contributed by atoms with van der Waals surface area (Å²) in [7, 11) is -8.87. The van der Waals surface area contributed by atoms with Crippen molar-refractivity contribution < 1.29 is 62.1 Å². The Balaban J connectivity index is 0.941. The van der Waals surface area contributed by atoms with E-state index in [-0.39, 0.29) is 83.2 Å². The first-order valence-electron chi connectivity index (χ1n) is 15.7. The summed E-state index contributed by atoms with van der Waals surface area (Å²) >= 11 is 6.53. The fourth-order valence-electron chi connectivity index (χ4n) is 6.62. The Bertz CT molecular complexity index is 2070. The minimum absolute atomic E-state index is 0.0165. The van der Waals surface area contributed by atoms with Gasteiger partial charge in [0.05, 0.1) is 0 Å². The van der Waals surface area contributed by atoms with E-state index in [4.69, 9.17) is 43.8 Å². The molecule has 0 amide bonds. The second-order valence-corrected chi connectivity index (χ2v) is 17.0. The molecule has 8 atom stereocenters. The Morgan fingerprint density at radius 3 is 1.51 bits per heavy atom. The van der Waals surface area contributed by atoms with E-state index in [0.29, 0.717) is 0 Å². The molecule has 10 N–H and O–H groups in total. The molecule has 8 rings (SSSR count). The number of anilines is 2. The number of ether oxygens (including phenoxy) is 3. The average molecular weight is 922 g/mol. The Morgan fingerprint density at radius 1 is 0.717 bits per heavy atom. The van der Waals surface area contributed by atoms with Crippen LogP contribution in [0.1, 0.15) is 12.5 Å². The van der Waals surface area contributed by atoms with Crippen molar-refractivity contribution in [3.63, 3.8) is 0 Å². The number of aromatic nitrogens is 8. The van der Waals surface area contributed by atoms with Crippen LogP contribution in [0.4, 0.5) is 11.9 Å². The molecule has 4 fully saturated rings. The third kappa shape index (κ3) is 6.49. The predicted molar refractivity (Wildman–Crippen MR) is 186 cm³/mol. The topological polar surface area (TPSA) is 343 Å². The van der Waals surface area contributed by atoms with Gasteiger partial charge in [-0.1, -0.05) is 0 Å². The van der Waals surface area contributed by atoms with Crippen molar-refractivity contribution in [1.82, 2.24) is 38.2 Å². The van der Waals surface area contributed by atoms with Gasteiger partial charge in [-0.05, 0) is 0 Å². The molecule has 0 aliphatic carbocycles. The molecule has 0 spiro atoms. The van der Waals surface area contributed by atoms with E-state index >= 15 is 0 Å². The molecule has 3 unspecified atom stereocenters. The number of hydrogen-bond donors (Lipinski definition) is 8. The first-order valence-corrected chi connectivity index (χ1v) is 20.7. The third-order valence-corrected chi connectivity index (χ3v) is 12.4. The van der Waals surface area contributed by atoms with E-state index in [0.717, 1.165) is 9.13 Å². The number of nitrogens with two attached hydrogens (primary N) is 2. The van der Waals surface area contributed by atoms with Crippen LogP contribution in [0.5, 0.6) is 0 Å². The summed E-state index contributed by atoms with van der Waals surface area (Å²) in [6.07, 6.45) is -9.13. The Kier molecular flexibility index (Phi) is 9.67. The molecular formula is C24H32Br2N10O15P2. The molecule has 53 heavy (non-hydrogen) atoms. The molecule has 25 nitrogen and oxygen atoms in total. The van der Waals surface area contributed by atoms with Gasteiger partial charge in [0, 0.05) is 0 Å². The van der Waals surface area contributed by atoms with E-state index < -0.39 is 76.5 Å². The zero-order chi connectivity index (χ0) is 37.7. The van der Waals surface area contributed by atoms with Crippen molar-refractivity contribution in [2.75, 3.05) is 37.9 Å². The van der Waals surface area contributed by atoms with Gasteiger partial charge in [-0.3, -0.25) is 0 Å². The van der Waals surface area contributed by atoms with Gasteiger partial charge in [-0.25, -0.2) is 0 Å². The molecule has 0 saturated carbocycles. The van der Waals surface area contributed by atoms with Crippen LogP contribution < -0.4 is 22.6 Å². The maximum absolute atomic E-state index is 13.4. The van der Waals surface area contributed by atoms with E-state index in [1.165, 1.54) is 9.13 Å². The SMILES string of the molecule is Nc1nc2c(nc(Br)n2[C@@H]2OC3CO[PH](O)(O)O[C@H]3C2O)c(=O)n1CCOCCn1c(N)nc2c(nc(Br)n2[C@@H]2OC3CO[PH](O)(O)O[C@H]3[C@@H]2O)c1=O. The fourth-order valence-corrected chi connectivity index (χ4v) is 9.91. The van der Waals surface area contributed by atoms with Crippen molar-refractivity contribution in [1.29, 1.82) is 0 Å². The number of nitrogens with zero attached hydrogens (tertiary/aromatic N) is 8. The van der Waals surface area contributed by atoms with Crippen LogP contribution in [0, 0.1) is 0 Å². The van der Waals surface area contributed by atoms with Crippen LogP contribution in [0.25, 0.3) is 22.3 Å². The number of halogens is 2. The molecular weight excluding hydrogens is 890 g/mol. The monoisotopic (exact) mass is 920 g/mol. The molecule has 292 valence electrons. The summed E-state index contributed by atoms with van der Waals surface area (Å²) < 4.78 is 42.5. The third-order valence-electron chi connectivity index (χ3n) is 9.07. The van der Waals surface area contributed by atoms with Gasteiger partial charge in [-0.2, -0.15) is 0 Å². The molecule has 0 aromatic carbocycles. The minimum atomic E-state index is -4.43. The zero-order valence-electron chi connectivity index (χ0n) is 26.7.